The monoisotopic (exact) mass is 193 g/mol. The number of para-hydroxylation sites is 1. The first kappa shape index (κ1) is 9.02. The fourth-order valence-corrected chi connectivity index (χ4v) is 1.40. The molecule has 0 saturated carbocycles. The van der Waals surface area contributed by atoms with Crippen LogP contribution in [0.3, 0.4) is 0 Å². The topological polar surface area (TPSA) is 47.6 Å². The second kappa shape index (κ2) is 3.67. The molecule has 14 heavy (non-hydrogen) atoms. The summed E-state index contributed by atoms with van der Waals surface area (Å²) in [6.45, 7) is 2.42. The number of carbonyl (C=O) groups is 1. The molecule has 1 amide bonds. The van der Waals surface area contributed by atoms with Crippen molar-refractivity contribution in [1.29, 1.82) is 0 Å². The Kier molecular flexibility index (Phi) is 2.37. The van der Waals surface area contributed by atoms with Crippen molar-refractivity contribution in [3.63, 3.8) is 0 Å². The Hall–Kier alpha value is -1.55. The third-order valence-corrected chi connectivity index (χ3v) is 1.99. The number of rotatable bonds is 2. The Bertz CT molecular complexity index is 351. The highest BCUT2D eigenvalue weighted by Gasteiger charge is 2.25. The average Bonchev–Trinajstić information content (AvgIpc) is 2.18. The number of hydrogen-bond acceptors (Lipinski definition) is 3. The zero-order valence-electron chi connectivity index (χ0n) is 7.82. The zero-order chi connectivity index (χ0) is 9.97. The fourth-order valence-electron chi connectivity index (χ4n) is 1.40. The Morgan fingerprint density at radius 1 is 1.50 bits per heavy atom. The van der Waals surface area contributed by atoms with Crippen molar-refractivity contribution in [3.05, 3.63) is 29.8 Å². The Morgan fingerprint density at radius 3 is 3.07 bits per heavy atom. The summed E-state index contributed by atoms with van der Waals surface area (Å²) < 4.78 is 10.3. The number of benzene rings is 1. The first-order valence-electron chi connectivity index (χ1n) is 4.50. The largest absolute Gasteiger partial charge is 0.414 e. The van der Waals surface area contributed by atoms with Gasteiger partial charge in [-0.25, -0.2) is 4.79 Å². The molecule has 1 heterocycles. The maximum absolute atomic E-state index is 11.1. The molecule has 2 rings (SSSR count). The van der Waals surface area contributed by atoms with Crippen LogP contribution in [0.5, 0.6) is 5.75 Å². The molecule has 1 aliphatic rings. The van der Waals surface area contributed by atoms with Gasteiger partial charge in [-0.1, -0.05) is 18.2 Å². The summed E-state index contributed by atoms with van der Waals surface area (Å²) in [6, 6.07) is 7.32. The molecule has 0 aliphatic carbocycles. The maximum Gasteiger partial charge on any atom is 0.414 e. The molecule has 0 aromatic heterocycles. The molecule has 4 heteroatoms. The van der Waals surface area contributed by atoms with Crippen LogP contribution >= 0.6 is 0 Å². The first-order chi connectivity index (χ1) is 6.81. The summed E-state index contributed by atoms with van der Waals surface area (Å²) in [5.74, 6) is 0.565. The first-order valence-corrected chi connectivity index (χ1v) is 4.50. The third-order valence-electron chi connectivity index (χ3n) is 1.99. The third kappa shape index (κ3) is 1.56. The second-order valence-electron chi connectivity index (χ2n) is 2.91. The van der Waals surface area contributed by atoms with Gasteiger partial charge in [0.25, 0.3) is 0 Å². The average molecular weight is 193 g/mol. The molecule has 0 bridgehead atoms. The van der Waals surface area contributed by atoms with Gasteiger partial charge in [-0.3, -0.25) is 5.32 Å². The second-order valence-corrected chi connectivity index (χ2v) is 2.91. The van der Waals surface area contributed by atoms with Crippen molar-refractivity contribution in [3.8, 4) is 5.75 Å². The van der Waals surface area contributed by atoms with E-state index < -0.39 is 12.3 Å². The van der Waals surface area contributed by atoms with Crippen molar-refractivity contribution in [1.82, 2.24) is 5.32 Å². The van der Waals surface area contributed by atoms with Crippen molar-refractivity contribution in [2.24, 2.45) is 0 Å². The standard InChI is InChI=1S/C10H11NO3/c1-2-13-9-7-5-3-4-6-8(7)14-10(12)11-9/h3-6,9H,2H2,1H3,(H,11,12)/t9-/m0/s1. The minimum Gasteiger partial charge on any atom is -0.410 e. The lowest BCUT2D eigenvalue weighted by atomic mass is 10.1. The van der Waals surface area contributed by atoms with Gasteiger partial charge in [-0.05, 0) is 13.0 Å². The van der Waals surface area contributed by atoms with Crippen molar-refractivity contribution in [2.45, 2.75) is 13.2 Å². The van der Waals surface area contributed by atoms with Crippen molar-refractivity contribution in [2.75, 3.05) is 6.61 Å². The van der Waals surface area contributed by atoms with Gasteiger partial charge in [0.05, 0.1) is 0 Å². The number of nitrogens with one attached hydrogen (secondary N) is 1. The SMILES string of the molecule is CCO[C@@H]1NC(=O)Oc2ccccc21. The molecular weight excluding hydrogens is 182 g/mol. The lowest BCUT2D eigenvalue weighted by Crippen LogP contribution is -2.37. The van der Waals surface area contributed by atoms with Crippen LogP contribution in [0, 0.1) is 0 Å². The molecule has 1 aromatic carbocycles. The summed E-state index contributed by atoms with van der Waals surface area (Å²) in [5, 5.41) is 2.59. The smallest absolute Gasteiger partial charge is 0.410 e. The molecule has 0 spiro atoms. The maximum atomic E-state index is 11.1. The minimum absolute atomic E-state index is 0.391. The van der Waals surface area contributed by atoms with E-state index in [0.717, 1.165) is 5.56 Å². The van der Waals surface area contributed by atoms with Gasteiger partial charge in [0.15, 0.2) is 6.23 Å². The van der Waals surface area contributed by atoms with Gasteiger partial charge in [0.2, 0.25) is 0 Å². The molecule has 0 fully saturated rings. The van der Waals surface area contributed by atoms with E-state index in [2.05, 4.69) is 5.32 Å². The summed E-state index contributed by atoms with van der Waals surface area (Å²) in [6.07, 6.45) is -0.861. The van der Waals surface area contributed by atoms with Crippen LogP contribution < -0.4 is 10.1 Å². The molecule has 1 N–H and O–H groups in total. The van der Waals surface area contributed by atoms with E-state index in [0.29, 0.717) is 12.4 Å². The van der Waals surface area contributed by atoms with E-state index in [1.54, 1.807) is 6.07 Å². The highest BCUT2D eigenvalue weighted by molar-refractivity contribution is 5.73. The Balaban J connectivity index is 2.33. The van der Waals surface area contributed by atoms with E-state index >= 15 is 0 Å². The van der Waals surface area contributed by atoms with Gasteiger partial charge in [-0.15, -0.1) is 0 Å². The Morgan fingerprint density at radius 2 is 2.29 bits per heavy atom. The van der Waals surface area contributed by atoms with E-state index in [9.17, 15) is 4.79 Å². The van der Waals surface area contributed by atoms with Gasteiger partial charge in [0.1, 0.15) is 5.75 Å². The highest BCUT2D eigenvalue weighted by atomic mass is 16.6. The van der Waals surface area contributed by atoms with E-state index in [-0.39, 0.29) is 0 Å². The van der Waals surface area contributed by atoms with Crippen molar-refractivity contribution < 1.29 is 14.3 Å². The molecule has 0 saturated heterocycles. The highest BCUT2D eigenvalue weighted by Crippen LogP contribution is 2.29. The number of fused-ring (bicyclic) bond motifs is 1. The lowest BCUT2D eigenvalue weighted by molar-refractivity contribution is 0.0301. The number of hydrogen-bond donors (Lipinski definition) is 1. The summed E-state index contributed by atoms with van der Waals surface area (Å²) in [4.78, 5) is 11.1. The molecule has 1 aliphatic heterocycles. The predicted molar refractivity (Wildman–Crippen MR) is 50.0 cm³/mol. The van der Waals surface area contributed by atoms with Gasteiger partial charge in [0, 0.05) is 12.2 Å². The van der Waals surface area contributed by atoms with E-state index in [4.69, 9.17) is 9.47 Å². The van der Waals surface area contributed by atoms with Crippen LogP contribution in [-0.2, 0) is 4.74 Å². The molecular formula is C10H11NO3. The van der Waals surface area contributed by atoms with E-state index in [1.165, 1.54) is 0 Å². The van der Waals surface area contributed by atoms with Gasteiger partial charge >= 0.3 is 6.09 Å². The van der Waals surface area contributed by atoms with Crippen LogP contribution in [0.15, 0.2) is 24.3 Å². The van der Waals surface area contributed by atoms with Crippen LogP contribution in [-0.4, -0.2) is 12.7 Å². The summed E-state index contributed by atoms with van der Waals surface area (Å²) >= 11 is 0. The van der Waals surface area contributed by atoms with Crippen LogP contribution in [0.2, 0.25) is 0 Å². The van der Waals surface area contributed by atoms with Gasteiger partial charge < -0.3 is 9.47 Å². The van der Waals surface area contributed by atoms with Crippen molar-refractivity contribution >= 4 is 6.09 Å². The zero-order valence-corrected chi connectivity index (χ0v) is 7.82. The van der Waals surface area contributed by atoms with Gasteiger partial charge in [-0.2, -0.15) is 0 Å². The summed E-state index contributed by atoms with van der Waals surface area (Å²) in [7, 11) is 0. The summed E-state index contributed by atoms with van der Waals surface area (Å²) in [5.41, 5.74) is 0.856. The number of carbonyl (C=O) groups excluding carboxylic acids is 1. The quantitative estimate of drug-likeness (QED) is 0.779. The molecule has 1 aromatic rings. The number of amides is 1. The molecule has 1 atom stereocenters. The minimum atomic E-state index is -0.470. The predicted octanol–water partition coefficient (Wildman–Crippen LogP) is 1.82. The van der Waals surface area contributed by atoms with Crippen LogP contribution in [0.25, 0.3) is 0 Å². The normalized spacial score (nSPS) is 19.5. The molecule has 74 valence electrons. The molecule has 0 radical (unpaired) electrons. The fraction of sp³-hybridized carbons (Fsp3) is 0.300. The van der Waals surface area contributed by atoms with Crippen LogP contribution in [0.1, 0.15) is 18.7 Å². The molecule has 4 nitrogen and oxygen atoms in total. The van der Waals surface area contributed by atoms with E-state index in [1.807, 2.05) is 25.1 Å². The Labute approximate surface area is 81.8 Å². The lowest BCUT2D eigenvalue weighted by Gasteiger charge is -2.25. The number of ether oxygens (including phenoxy) is 2. The molecule has 0 unspecified atom stereocenters. The van der Waals surface area contributed by atoms with Crippen LogP contribution in [0.4, 0.5) is 4.79 Å².